The molecule has 0 unspecified atom stereocenters. The Kier molecular flexibility index (Phi) is 2.42. The van der Waals surface area contributed by atoms with Crippen LogP contribution in [0, 0.1) is 5.41 Å². The maximum absolute atomic E-state index is 5.43. The molecule has 0 bridgehead atoms. The Morgan fingerprint density at radius 1 is 1.00 bits per heavy atom. The van der Waals surface area contributed by atoms with E-state index in [1.54, 1.807) is 14.2 Å². The van der Waals surface area contributed by atoms with Gasteiger partial charge >= 0.3 is 0 Å². The van der Waals surface area contributed by atoms with Crippen LogP contribution in [0.4, 0.5) is 0 Å². The minimum atomic E-state index is -0.274. The van der Waals surface area contributed by atoms with E-state index in [1.807, 2.05) is 0 Å². The quantitative estimate of drug-likeness (QED) is 0.654. The largest absolute Gasteiger partial charge is 0.353 e. The predicted octanol–water partition coefficient (Wildman–Crippen LogP) is 1.87. The second-order valence-corrected chi connectivity index (χ2v) is 6.20. The van der Waals surface area contributed by atoms with E-state index in [0.29, 0.717) is 11.0 Å². The molecule has 0 N–H and O–H groups in total. The Balaban J connectivity index is 1.87. The van der Waals surface area contributed by atoms with Crippen molar-refractivity contribution in [2.75, 3.05) is 27.3 Å². The highest BCUT2D eigenvalue weighted by atomic mass is 16.7. The molecular weight excluding hydrogens is 190 g/mol. The average Bonchev–Trinajstić information content (AvgIpc) is 1.99. The molecule has 3 nitrogen and oxygen atoms in total. The molecule has 0 atom stereocenters. The van der Waals surface area contributed by atoms with Gasteiger partial charge in [-0.2, -0.15) is 0 Å². The molecule has 1 heterocycles. The average molecular weight is 213 g/mol. The van der Waals surface area contributed by atoms with Gasteiger partial charge < -0.3 is 9.47 Å². The smallest absolute Gasteiger partial charge is 0.168 e. The number of methoxy groups -OCH3 is 2. The van der Waals surface area contributed by atoms with Crippen LogP contribution in [-0.4, -0.2) is 43.5 Å². The lowest BCUT2D eigenvalue weighted by molar-refractivity contribution is -0.324. The fourth-order valence-electron chi connectivity index (χ4n) is 2.92. The summed E-state index contributed by atoms with van der Waals surface area (Å²) in [4.78, 5) is 2.53. The lowest BCUT2D eigenvalue weighted by Crippen LogP contribution is -2.71. The van der Waals surface area contributed by atoms with Crippen molar-refractivity contribution in [3.8, 4) is 0 Å². The van der Waals surface area contributed by atoms with E-state index in [4.69, 9.17) is 9.47 Å². The number of ether oxygens (including phenoxy) is 2. The Bertz CT molecular complexity index is 237. The van der Waals surface area contributed by atoms with E-state index in [9.17, 15) is 0 Å². The molecule has 0 amide bonds. The van der Waals surface area contributed by atoms with E-state index in [1.165, 1.54) is 13.1 Å². The Hall–Kier alpha value is -0.120. The SMILES string of the molecule is COC1(OC)CC2(CN(C(C)(C)C)C2)C1. The van der Waals surface area contributed by atoms with Gasteiger partial charge in [-0.15, -0.1) is 0 Å². The van der Waals surface area contributed by atoms with Crippen molar-refractivity contribution in [1.29, 1.82) is 0 Å². The van der Waals surface area contributed by atoms with Crippen molar-refractivity contribution in [1.82, 2.24) is 4.90 Å². The van der Waals surface area contributed by atoms with E-state index >= 15 is 0 Å². The maximum Gasteiger partial charge on any atom is 0.168 e. The van der Waals surface area contributed by atoms with Crippen LogP contribution in [0.3, 0.4) is 0 Å². The zero-order valence-electron chi connectivity index (χ0n) is 10.6. The van der Waals surface area contributed by atoms with Crippen molar-refractivity contribution in [3.63, 3.8) is 0 Å². The van der Waals surface area contributed by atoms with Crippen LogP contribution in [0.15, 0.2) is 0 Å². The predicted molar refractivity (Wildman–Crippen MR) is 59.7 cm³/mol. The summed E-state index contributed by atoms with van der Waals surface area (Å²) in [6.07, 6.45) is 2.11. The van der Waals surface area contributed by atoms with E-state index in [2.05, 4.69) is 25.7 Å². The molecule has 0 aromatic carbocycles. The molecule has 88 valence electrons. The van der Waals surface area contributed by atoms with Crippen LogP contribution < -0.4 is 0 Å². The molecule has 15 heavy (non-hydrogen) atoms. The highest BCUT2D eigenvalue weighted by molar-refractivity contribution is 5.10. The molecule has 1 aliphatic heterocycles. The number of likely N-dealkylation sites (tertiary alicyclic amines) is 1. The van der Waals surface area contributed by atoms with Crippen molar-refractivity contribution in [3.05, 3.63) is 0 Å². The van der Waals surface area contributed by atoms with Crippen LogP contribution in [0.25, 0.3) is 0 Å². The summed E-state index contributed by atoms with van der Waals surface area (Å²) in [5.41, 5.74) is 0.795. The number of hydrogen-bond donors (Lipinski definition) is 0. The topological polar surface area (TPSA) is 21.7 Å². The van der Waals surface area contributed by atoms with Crippen LogP contribution in [-0.2, 0) is 9.47 Å². The summed E-state index contributed by atoms with van der Waals surface area (Å²) < 4.78 is 10.9. The van der Waals surface area contributed by atoms with Gasteiger partial charge in [-0.05, 0) is 20.8 Å². The van der Waals surface area contributed by atoms with Gasteiger partial charge in [-0.3, -0.25) is 4.90 Å². The lowest BCUT2D eigenvalue weighted by atomic mass is 9.58. The van der Waals surface area contributed by atoms with Gasteiger partial charge in [0.05, 0.1) is 0 Å². The van der Waals surface area contributed by atoms with Crippen LogP contribution >= 0.6 is 0 Å². The Morgan fingerprint density at radius 2 is 1.47 bits per heavy atom. The fourth-order valence-corrected chi connectivity index (χ4v) is 2.92. The van der Waals surface area contributed by atoms with E-state index < -0.39 is 0 Å². The first-order valence-corrected chi connectivity index (χ1v) is 5.70. The second-order valence-electron chi connectivity index (χ2n) is 6.20. The third kappa shape index (κ3) is 1.71. The molecular formula is C12H23NO2. The highest BCUT2D eigenvalue weighted by Gasteiger charge is 2.62. The van der Waals surface area contributed by atoms with Gasteiger partial charge in [0, 0.05) is 51.1 Å². The minimum Gasteiger partial charge on any atom is -0.353 e. The molecule has 2 fully saturated rings. The molecule has 0 radical (unpaired) electrons. The van der Waals surface area contributed by atoms with E-state index in [0.717, 1.165) is 12.8 Å². The monoisotopic (exact) mass is 213 g/mol. The molecule has 2 aliphatic rings. The minimum absolute atomic E-state index is 0.274. The van der Waals surface area contributed by atoms with Crippen molar-refractivity contribution in [2.24, 2.45) is 5.41 Å². The standard InChI is InChI=1S/C12H23NO2/c1-10(2,3)13-8-11(9-13)6-12(7-11,14-4)15-5/h6-9H2,1-5H3. The molecule has 1 saturated carbocycles. The van der Waals surface area contributed by atoms with Crippen LogP contribution in [0.1, 0.15) is 33.6 Å². The van der Waals surface area contributed by atoms with Crippen LogP contribution in [0.2, 0.25) is 0 Å². The first-order valence-electron chi connectivity index (χ1n) is 5.70. The van der Waals surface area contributed by atoms with E-state index in [-0.39, 0.29) is 5.79 Å². The van der Waals surface area contributed by atoms with Crippen molar-refractivity contribution in [2.45, 2.75) is 44.9 Å². The molecule has 1 aliphatic carbocycles. The third-order valence-corrected chi connectivity index (χ3v) is 4.03. The number of rotatable bonds is 2. The summed E-state index contributed by atoms with van der Waals surface area (Å²) in [6.45, 7) is 9.23. The van der Waals surface area contributed by atoms with Gasteiger partial charge in [0.2, 0.25) is 0 Å². The van der Waals surface area contributed by atoms with Gasteiger partial charge in [0.25, 0.3) is 0 Å². The van der Waals surface area contributed by atoms with Gasteiger partial charge in [0.1, 0.15) is 0 Å². The summed E-state index contributed by atoms with van der Waals surface area (Å²) in [5.74, 6) is -0.274. The molecule has 0 aromatic heterocycles. The molecule has 0 aromatic rings. The molecule has 2 rings (SSSR count). The van der Waals surface area contributed by atoms with Gasteiger partial charge in [0.15, 0.2) is 5.79 Å². The van der Waals surface area contributed by atoms with Crippen molar-refractivity contribution < 1.29 is 9.47 Å². The van der Waals surface area contributed by atoms with Crippen LogP contribution in [0.5, 0.6) is 0 Å². The van der Waals surface area contributed by atoms with Gasteiger partial charge in [-0.25, -0.2) is 0 Å². The summed E-state index contributed by atoms with van der Waals surface area (Å²) in [6, 6.07) is 0. The first-order chi connectivity index (χ1) is 6.85. The highest BCUT2D eigenvalue weighted by Crippen LogP contribution is 2.56. The molecule has 1 spiro atoms. The number of hydrogen-bond acceptors (Lipinski definition) is 3. The van der Waals surface area contributed by atoms with Crippen molar-refractivity contribution >= 4 is 0 Å². The maximum atomic E-state index is 5.43. The summed E-state index contributed by atoms with van der Waals surface area (Å²) >= 11 is 0. The Labute approximate surface area is 92.7 Å². The normalized spacial score (nSPS) is 28.6. The first kappa shape index (κ1) is 11.4. The fraction of sp³-hybridized carbons (Fsp3) is 1.00. The second kappa shape index (κ2) is 3.19. The lowest BCUT2D eigenvalue weighted by Gasteiger charge is -2.65. The Morgan fingerprint density at radius 3 is 1.80 bits per heavy atom. The number of nitrogens with zero attached hydrogens (tertiary/aromatic N) is 1. The summed E-state index contributed by atoms with van der Waals surface area (Å²) in [7, 11) is 3.49. The molecule has 1 saturated heterocycles. The molecule has 3 heteroatoms. The van der Waals surface area contributed by atoms with Gasteiger partial charge in [-0.1, -0.05) is 0 Å². The zero-order valence-corrected chi connectivity index (χ0v) is 10.6. The third-order valence-electron chi connectivity index (χ3n) is 4.03. The zero-order chi connectivity index (χ0) is 11.3. The summed E-state index contributed by atoms with van der Waals surface area (Å²) in [5, 5.41) is 0.